The summed E-state index contributed by atoms with van der Waals surface area (Å²) in [7, 11) is 0. The lowest BCUT2D eigenvalue weighted by Crippen LogP contribution is -2.31. The summed E-state index contributed by atoms with van der Waals surface area (Å²) in [4.78, 5) is 4.55. The Morgan fingerprint density at radius 2 is 1.95 bits per heavy atom. The highest BCUT2D eigenvalue weighted by Gasteiger charge is 2.16. The van der Waals surface area contributed by atoms with Crippen molar-refractivity contribution in [2.24, 2.45) is 5.92 Å². The SMILES string of the molecule is CCCCCCCCCc1nc(CC2CCCNC2)no1. The molecular weight excluding hydrogens is 262 g/mol. The van der Waals surface area contributed by atoms with Crippen molar-refractivity contribution in [3.63, 3.8) is 0 Å². The molecule has 120 valence electrons. The monoisotopic (exact) mass is 293 g/mol. The van der Waals surface area contributed by atoms with Crippen LogP contribution in [0, 0.1) is 5.92 Å². The number of nitrogens with one attached hydrogen (secondary N) is 1. The number of hydrogen-bond acceptors (Lipinski definition) is 4. The lowest BCUT2D eigenvalue weighted by Gasteiger charge is -2.20. The number of hydrogen-bond donors (Lipinski definition) is 1. The molecule has 0 saturated carbocycles. The third-order valence-corrected chi connectivity index (χ3v) is 4.37. The minimum Gasteiger partial charge on any atom is -0.339 e. The lowest BCUT2D eigenvalue weighted by molar-refractivity contribution is 0.348. The van der Waals surface area contributed by atoms with Gasteiger partial charge in [-0.05, 0) is 38.3 Å². The van der Waals surface area contributed by atoms with Gasteiger partial charge < -0.3 is 9.84 Å². The quantitative estimate of drug-likeness (QED) is 0.665. The van der Waals surface area contributed by atoms with E-state index in [9.17, 15) is 0 Å². The smallest absolute Gasteiger partial charge is 0.226 e. The normalized spacial score (nSPS) is 19.0. The van der Waals surface area contributed by atoms with Gasteiger partial charge in [0, 0.05) is 12.8 Å². The molecule has 1 aliphatic rings. The summed E-state index contributed by atoms with van der Waals surface area (Å²) >= 11 is 0. The molecule has 0 amide bonds. The molecule has 4 nitrogen and oxygen atoms in total. The summed E-state index contributed by atoms with van der Waals surface area (Å²) in [5.41, 5.74) is 0. The van der Waals surface area contributed by atoms with Gasteiger partial charge in [0.25, 0.3) is 0 Å². The highest BCUT2D eigenvalue weighted by atomic mass is 16.5. The van der Waals surface area contributed by atoms with Gasteiger partial charge in [0.15, 0.2) is 5.82 Å². The zero-order valence-electron chi connectivity index (χ0n) is 13.6. The summed E-state index contributed by atoms with van der Waals surface area (Å²) in [6, 6.07) is 0. The predicted octanol–water partition coefficient (Wildman–Crippen LogP) is 3.90. The Kier molecular flexibility index (Phi) is 7.79. The number of aryl methyl sites for hydroxylation is 1. The molecular formula is C17H31N3O. The number of aromatic nitrogens is 2. The highest BCUT2D eigenvalue weighted by molar-refractivity contribution is 4.90. The Balaban J connectivity index is 1.57. The molecule has 1 N–H and O–H groups in total. The second-order valence-corrected chi connectivity index (χ2v) is 6.39. The molecule has 1 aliphatic heterocycles. The summed E-state index contributed by atoms with van der Waals surface area (Å²) in [5, 5.41) is 7.57. The van der Waals surface area contributed by atoms with E-state index >= 15 is 0 Å². The molecule has 1 atom stereocenters. The first-order valence-electron chi connectivity index (χ1n) is 8.90. The van der Waals surface area contributed by atoms with E-state index in [2.05, 4.69) is 22.4 Å². The molecule has 1 unspecified atom stereocenters. The maximum absolute atomic E-state index is 5.37. The van der Waals surface area contributed by atoms with E-state index in [-0.39, 0.29) is 0 Å². The van der Waals surface area contributed by atoms with Gasteiger partial charge in [0.2, 0.25) is 5.89 Å². The van der Waals surface area contributed by atoms with Gasteiger partial charge in [0.05, 0.1) is 0 Å². The number of unbranched alkanes of at least 4 members (excludes halogenated alkanes) is 6. The fraction of sp³-hybridized carbons (Fsp3) is 0.882. The molecule has 0 bridgehead atoms. The van der Waals surface area contributed by atoms with Crippen LogP contribution in [0.25, 0.3) is 0 Å². The zero-order valence-corrected chi connectivity index (χ0v) is 13.6. The second kappa shape index (κ2) is 9.93. The van der Waals surface area contributed by atoms with E-state index in [1.807, 2.05) is 0 Å². The van der Waals surface area contributed by atoms with E-state index in [0.29, 0.717) is 5.92 Å². The van der Waals surface area contributed by atoms with E-state index in [4.69, 9.17) is 4.52 Å². The molecule has 0 radical (unpaired) electrons. The molecule has 0 spiro atoms. The standard InChI is InChI=1S/C17H31N3O/c1-2-3-4-5-6-7-8-11-17-19-16(20-21-17)13-15-10-9-12-18-14-15/h15,18H,2-14H2,1H3. The summed E-state index contributed by atoms with van der Waals surface area (Å²) in [5.74, 6) is 2.42. The number of nitrogens with zero attached hydrogens (tertiary/aromatic N) is 2. The van der Waals surface area contributed by atoms with Crippen LogP contribution in [0.2, 0.25) is 0 Å². The van der Waals surface area contributed by atoms with Crippen LogP contribution in [0.15, 0.2) is 4.52 Å². The van der Waals surface area contributed by atoms with Crippen molar-refractivity contribution < 1.29 is 4.52 Å². The van der Waals surface area contributed by atoms with Gasteiger partial charge in [-0.3, -0.25) is 0 Å². The summed E-state index contributed by atoms with van der Waals surface area (Å²) < 4.78 is 5.37. The van der Waals surface area contributed by atoms with Crippen LogP contribution in [-0.4, -0.2) is 23.2 Å². The predicted molar refractivity (Wildman–Crippen MR) is 85.3 cm³/mol. The Morgan fingerprint density at radius 3 is 2.71 bits per heavy atom. The van der Waals surface area contributed by atoms with Gasteiger partial charge in [0.1, 0.15) is 0 Å². The zero-order chi connectivity index (χ0) is 14.8. The molecule has 1 saturated heterocycles. The van der Waals surface area contributed by atoms with Crippen molar-refractivity contribution in [1.29, 1.82) is 0 Å². The van der Waals surface area contributed by atoms with Crippen LogP contribution < -0.4 is 5.32 Å². The minimum atomic E-state index is 0.683. The lowest BCUT2D eigenvalue weighted by atomic mass is 9.96. The molecule has 0 aliphatic carbocycles. The Bertz CT molecular complexity index is 372. The van der Waals surface area contributed by atoms with Crippen molar-refractivity contribution in [2.45, 2.75) is 77.6 Å². The van der Waals surface area contributed by atoms with Crippen molar-refractivity contribution in [2.75, 3.05) is 13.1 Å². The largest absolute Gasteiger partial charge is 0.339 e. The topological polar surface area (TPSA) is 51.0 Å². The third kappa shape index (κ3) is 6.60. The minimum absolute atomic E-state index is 0.683. The fourth-order valence-electron chi connectivity index (χ4n) is 3.06. The maximum Gasteiger partial charge on any atom is 0.226 e. The average molecular weight is 293 g/mol. The van der Waals surface area contributed by atoms with Gasteiger partial charge in [-0.15, -0.1) is 0 Å². The van der Waals surface area contributed by atoms with Crippen LogP contribution in [0.4, 0.5) is 0 Å². The van der Waals surface area contributed by atoms with E-state index in [1.54, 1.807) is 0 Å². The third-order valence-electron chi connectivity index (χ3n) is 4.37. The Morgan fingerprint density at radius 1 is 1.14 bits per heavy atom. The van der Waals surface area contributed by atoms with Crippen molar-refractivity contribution in [1.82, 2.24) is 15.5 Å². The van der Waals surface area contributed by atoms with Crippen LogP contribution in [-0.2, 0) is 12.8 Å². The van der Waals surface area contributed by atoms with Gasteiger partial charge in [-0.25, -0.2) is 0 Å². The van der Waals surface area contributed by atoms with Crippen LogP contribution in [0.1, 0.15) is 76.4 Å². The molecule has 2 heterocycles. The van der Waals surface area contributed by atoms with E-state index < -0.39 is 0 Å². The summed E-state index contributed by atoms with van der Waals surface area (Å²) in [6.07, 6.45) is 13.7. The van der Waals surface area contributed by atoms with E-state index in [1.165, 1.54) is 57.8 Å². The summed E-state index contributed by atoms with van der Waals surface area (Å²) in [6.45, 7) is 4.52. The molecule has 2 rings (SSSR count). The van der Waals surface area contributed by atoms with Gasteiger partial charge in [-0.1, -0.05) is 50.6 Å². The second-order valence-electron chi connectivity index (χ2n) is 6.39. The Hall–Kier alpha value is -0.900. The fourth-order valence-corrected chi connectivity index (χ4v) is 3.06. The molecule has 1 aromatic rings. The average Bonchev–Trinajstić information content (AvgIpc) is 2.95. The van der Waals surface area contributed by atoms with Crippen LogP contribution in [0.5, 0.6) is 0 Å². The van der Waals surface area contributed by atoms with Gasteiger partial charge in [-0.2, -0.15) is 4.98 Å². The first kappa shape index (κ1) is 16.5. The van der Waals surface area contributed by atoms with Crippen molar-refractivity contribution >= 4 is 0 Å². The first-order chi connectivity index (χ1) is 10.4. The molecule has 0 aromatic carbocycles. The highest BCUT2D eigenvalue weighted by Crippen LogP contribution is 2.15. The molecule has 1 fully saturated rings. The van der Waals surface area contributed by atoms with E-state index in [0.717, 1.165) is 37.6 Å². The number of rotatable bonds is 10. The van der Waals surface area contributed by atoms with Crippen LogP contribution in [0.3, 0.4) is 0 Å². The molecule has 1 aromatic heterocycles. The Labute approximate surface area is 129 Å². The molecule has 21 heavy (non-hydrogen) atoms. The molecule has 4 heteroatoms. The van der Waals surface area contributed by atoms with Crippen molar-refractivity contribution in [3.05, 3.63) is 11.7 Å². The van der Waals surface area contributed by atoms with Crippen LogP contribution >= 0.6 is 0 Å². The maximum atomic E-state index is 5.37. The van der Waals surface area contributed by atoms with Gasteiger partial charge >= 0.3 is 0 Å². The number of piperidine rings is 1. The van der Waals surface area contributed by atoms with Crippen molar-refractivity contribution in [3.8, 4) is 0 Å². The first-order valence-corrected chi connectivity index (χ1v) is 8.90.